The maximum absolute atomic E-state index is 9.68. The predicted octanol–water partition coefficient (Wildman–Crippen LogP) is 3.08. The van der Waals surface area contributed by atoms with Crippen LogP contribution in [0, 0.1) is 11.3 Å². The minimum atomic E-state index is -0.234. The van der Waals surface area contributed by atoms with Crippen molar-refractivity contribution in [2.75, 3.05) is 46.4 Å². The Morgan fingerprint density at radius 2 is 1.88 bits per heavy atom. The first-order valence-electron chi connectivity index (χ1n) is 8.91. The number of hydrogen-bond donors (Lipinski definition) is 0. The molecule has 1 aromatic rings. The van der Waals surface area contributed by atoms with Crippen molar-refractivity contribution < 1.29 is 9.47 Å². The first-order chi connectivity index (χ1) is 11.7. The second-order valence-electron chi connectivity index (χ2n) is 6.21. The molecule has 0 aromatic heterocycles. The number of piperazine rings is 1. The largest absolute Gasteiger partial charge is 0.490 e. The van der Waals surface area contributed by atoms with Gasteiger partial charge in [0.05, 0.1) is 19.3 Å². The van der Waals surface area contributed by atoms with E-state index in [1.807, 2.05) is 25.1 Å². The first-order valence-corrected chi connectivity index (χ1v) is 8.91. The average molecular weight is 331 g/mol. The Labute approximate surface area is 145 Å². The smallest absolute Gasteiger partial charge is 0.161 e. The second kappa shape index (κ2) is 9.51. The van der Waals surface area contributed by atoms with Crippen molar-refractivity contribution in [1.82, 2.24) is 9.80 Å². The van der Waals surface area contributed by atoms with Gasteiger partial charge in [-0.15, -0.1) is 0 Å². The number of nitrogens with zero attached hydrogens (tertiary/aromatic N) is 3. The minimum absolute atomic E-state index is 0.234. The molecule has 1 fully saturated rings. The highest BCUT2D eigenvalue weighted by Gasteiger charge is 2.24. The average Bonchev–Trinajstić information content (AvgIpc) is 2.59. The molecule has 0 N–H and O–H groups in total. The molecule has 0 bridgehead atoms. The highest BCUT2D eigenvalue weighted by molar-refractivity contribution is 5.45. The van der Waals surface area contributed by atoms with Gasteiger partial charge >= 0.3 is 0 Å². The van der Waals surface area contributed by atoms with Gasteiger partial charge in [-0.2, -0.15) is 5.26 Å². The van der Waals surface area contributed by atoms with Gasteiger partial charge in [0.1, 0.15) is 6.04 Å². The van der Waals surface area contributed by atoms with E-state index in [1.54, 1.807) is 0 Å². The molecule has 1 aliphatic heterocycles. The lowest BCUT2D eigenvalue weighted by atomic mass is 10.0. The van der Waals surface area contributed by atoms with Crippen molar-refractivity contribution in [2.45, 2.75) is 32.7 Å². The zero-order valence-corrected chi connectivity index (χ0v) is 15.1. The monoisotopic (exact) mass is 331 g/mol. The lowest BCUT2D eigenvalue weighted by Crippen LogP contribution is -2.45. The number of ether oxygens (including phenoxy) is 2. The van der Waals surface area contributed by atoms with Crippen LogP contribution in [0.5, 0.6) is 11.5 Å². The fraction of sp³-hybridized carbons (Fsp3) is 0.632. The molecule has 1 aromatic carbocycles. The van der Waals surface area contributed by atoms with Crippen LogP contribution in [0.15, 0.2) is 18.2 Å². The molecule has 0 spiro atoms. The summed E-state index contributed by atoms with van der Waals surface area (Å²) in [6.45, 7) is 9.19. The molecule has 1 atom stereocenters. The molecule has 0 radical (unpaired) electrons. The molecule has 2 rings (SSSR count). The summed E-state index contributed by atoms with van der Waals surface area (Å²) in [4.78, 5) is 4.53. The molecule has 1 unspecified atom stereocenters. The SMILES string of the molecule is CCCCOc1ccc(C(C#N)N2CCN(C)CC2)cc1OCC. The molecule has 0 saturated carbocycles. The van der Waals surface area contributed by atoms with Crippen LogP contribution in [-0.4, -0.2) is 56.2 Å². The van der Waals surface area contributed by atoms with Crippen LogP contribution >= 0.6 is 0 Å². The minimum Gasteiger partial charge on any atom is -0.490 e. The third kappa shape index (κ3) is 4.86. The van der Waals surface area contributed by atoms with E-state index >= 15 is 0 Å². The molecule has 0 aliphatic carbocycles. The number of unbranched alkanes of at least 4 members (excludes halogenated alkanes) is 1. The molecular formula is C19H29N3O2. The van der Waals surface area contributed by atoms with Crippen molar-refractivity contribution in [3.05, 3.63) is 23.8 Å². The van der Waals surface area contributed by atoms with Gasteiger partial charge in [0.25, 0.3) is 0 Å². The Hall–Kier alpha value is -1.77. The normalized spacial score (nSPS) is 17.2. The molecule has 0 amide bonds. The topological polar surface area (TPSA) is 48.7 Å². The number of nitriles is 1. The summed E-state index contributed by atoms with van der Waals surface area (Å²) >= 11 is 0. The van der Waals surface area contributed by atoms with Gasteiger partial charge in [-0.3, -0.25) is 4.90 Å². The van der Waals surface area contributed by atoms with Crippen molar-refractivity contribution in [1.29, 1.82) is 5.26 Å². The van der Waals surface area contributed by atoms with E-state index in [0.29, 0.717) is 13.2 Å². The molecule has 5 heteroatoms. The third-order valence-electron chi connectivity index (χ3n) is 4.36. The summed E-state index contributed by atoms with van der Waals surface area (Å²) in [6, 6.07) is 8.13. The highest BCUT2D eigenvalue weighted by Crippen LogP contribution is 2.32. The van der Waals surface area contributed by atoms with E-state index < -0.39 is 0 Å². The zero-order valence-electron chi connectivity index (χ0n) is 15.1. The van der Waals surface area contributed by atoms with Gasteiger partial charge in [-0.1, -0.05) is 19.4 Å². The van der Waals surface area contributed by atoms with E-state index in [4.69, 9.17) is 9.47 Å². The van der Waals surface area contributed by atoms with Crippen molar-refractivity contribution in [2.24, 2.45) is 0 Å². The lowest BCUT2D eigenvalue weighted by molar-refractivity contribution is 0.132. The van der Waals surface area contributed by atoms with Crippen LogP contribution < -0.4 is 9.47 Å². The summed E-state index contributed by atoms with van der Waals surface area (Å²) in [7, 11) is 2.12. The van der Waals surface area contributed by atoms with E-state index in [9.17, 15) is 5.26 Å². The first kappa shape index (κ1) is 18.6. The Balaban J connectivity index is 2.15. The van der Waals surface area contributed by atoms with Crippen LogP contribution in [-0.2, 0) is 0 Å². The standard InChI is InChI=1S/C19H29N3O2/c1-4-6-13-24-18-8-7-16(14-19(18)23-5-2)17(15-20)22-11-9-21(3)10-12-22/h7-8,14,17H,4-6,9-13H2,1-3H3. The summed E-state index contributed by atoms with van der Waals surface area (Å²) in [5.41, 5.74) is 0.980. The third-order valence-corrected chi connectivity index (χ3v) is 4.36. The van der Waals surface area contributed by atoms with E-state index in [1.165, 1.54) is 0 Å². The molecule has 24 heavy (non-hydrogen) atoms. The molecule has 1 aliphatic rings. The van der Waals surface area contributed by atoms with Crippen LogP contribution in [0.1, 0.15) is 38.3 Å². The maximum Gasteiger partial charge on any atom is 0.161 e. The van der Waals surface area contributed by atoms with Gasteiger partial charge < -0.3 is 14.4 Å². The van der Waals surface area contributed by atoms with Crippen LogP contribution in [0.3, 0.4) is 0 Å². The maximum atomic E-state index is 9.68. The number of likely N-dealkylation sites (N-methyl/N-ethyl adjacent to an activating group) is 1. The summed E-state index contributed by atoms with van der Waals surface area (Å²) in [6.07, 6.45) is 2.12. The van der Waals surface area contributed by atoms with Gasteiger partial charge in [-0.05, 0) is 38.1 Å². The van der Waals surface area contributed by atoms with E-state index in [2.05, 4.69) is 29.8 Å². The Morgan fingerprint density at radius 3 is 2.50 bits per heavy atom. The van der Waals surface area contributed by atoms with Gasteiger partial charge in [0.15, 0.2) is 11.5 Å². The predicted molar refractivity (Wildman–Crippen MR) is 95.4 cm³/mol. The van der Waals surface area contributed by atoms with Crippen LogP contribution in [0.2, 0.25) is 0 Å². The lowest BCUT2D eigenvalue weighted by Gasteiger charge is -2.35. The van der Waals surface area contributed by atoms with Crippen LogP contribution in [0.4, 0.5) is 0 Å². The Bertz CT molecular complexity index is 548. The molecule has 1 heterocycles. The highest BCUT2D eigenvalue weighted by atomic mass is 16.5. The quantitative estimate of drug-likeness (QED) is 0.685. The number of rotatable bonds is 8. The fourth-order valence-electron chi connectivity index (χ4n) is 2.86. The fourth-order valence-corrected chi connectivity index (χ4v) is 2.86. The number of benzene rings is 1. The molecule has 132 valence electrons. The Morgan fingerprint density at radius 1 is 1.12 bits per heavy atom. The van der Waals surface area contributed by atoms with E-state index in [0.717, 1.165) is 56.1 Å². The summed E-state index contributed by atoms with van der Waals surface area (Å²) in [5, 5.41) is 9.68. The molecule has 5 nitrogen and oxygen atoms in total. The summed E-state index contributed by atoms with van der Waals surface area (Å²) in [5.74, 6) is 1.50. The summed E-state index contributed by atoms with van der Waals surface area (Å²) < 4.78 is 11.6. The van der Waals surface area contributed by atoms with Crippen molar-refractivity contribution in [3.8, 4) is 17.6 Å². The van der Waals surface area contributed by atoms with Gasteiger partial charge in [-0.25, -0.2) is 0 Å². The second-order valence-corrected chi connectivity index (χ2v) is 6.21. The van der Waals surface area contributed by atoms with Crippen molar-refractivity contribution in [3.63, 3.8) is 0 Å². The van der Waals surface area contributed by atoms with E-state index in [-0.39, 0.29) is 6.04 Å². The number of hydrogen-bond acceptors (Lipinski definition) is 5. The van der Waals surface area contributed by atoms with Gasteiger partial charge in [0.2, 0.25) is 0 Å². The Kier molecular flexibility index (Phi) is 7.36. The van der Waals surface area contributed by atoms with Crippen molar-refractivity contribution >= 4 is 0 Å². The van der Waals surface area contributed by atoms with Gasteiger partial charge in [0, 0.05) is 26.2 Å². The molecular weight excluding hydrogens is 302 g/mol. The zero-order chi connectivity index (χ0) is 17.4. The molecule has 1 saturated heterocycles. The van der Waals surface area contributed by atoms with Crippen LogP contribution in [0.25, 0.3) is 0 Å².